The average Bonchev–Trinajstić information content (AvgIpc) is 3.38. The molecule has 11 nitrogen and oxygen atoms in total. The molecular formula is C55H58O11. The highest BCUT2D eigenvalue weighted by atomic mass is 16.9. The van der Waals surface area contributed by atoms with Crippen LogP contribution in [0.3, 0.4) is 0 Å². The second-order valence-corrected chi connectivity index (χ2v) is 16.7. The number of hydrogen-bond donors (Lipinski definition) is 0. The molecule has 0 saturated carbocycles. The van der Waals surface area contributed by atoms with E-state index in [1.54, 1.807) is 7.11 Å². The summed E-state index contributed by atoms with van der Waals surface area (Å²) in [6.07, 6.45) is -6.97. The summed E-state index contributed by atoms with van der Waals surface area (Å²) in [5, 5.41) is 0. The molecule has 0 bridgehead atoms. The van der Waals surface area contributed by atoms with Gasteiger partial charge in [0.05, 0.1) is 52.9 Å². The van der Waals surface area contributed by atoms with E-state index < -0.39 is 61.1 Å². The molecule has 11 heteroatoms. The van der Waals surface area contributed by atoms with Gasteiger partial charge in [0.25, 0.3) is 0 Å². The van der Waals surface area contributed by atoms with Crippen molar-refractivity contribution in [1.29, 1.82) is 0 Å². The standard InChI is InChI=1S/C55H58O11/c1-56-54-52(61-36-44-28-16-6-17-29-44)50(59-34-42-24-12-4-13-25-42)49-46(64-54)39-63-55(66-49)53(62-37-45-30-18-7-19-31-45)51(60-35-43-26-14-5-15-27-43)48(58-33-41-22-10-3-11-23-41)47(65-55)38-57-32-40-20-8-2-9-21-40/h2-31,46-54H,32-39H2,1H3/t46-,47-,48-,49+,50+,51+,52-,53-,54+,55+/m1/s1. The fourth-order valence-electron chi connectivity index (χ4n) is 8.68. The van der Waals surface area contributed by atoms with E-state index in [1.165, 1.54) is 0 Å². The zero-order chi connectivity index (χ0) is 44.8. The van der Waals surface area contributed by atoms with Crippen LogP contribution < -0.4 is 0 Å². The molecule has 6 aromatic rings. The first kappa shape index (κ1) is 46.0. The van der Waals surface area contributed by atoms with Crippen molar-refractivity contribution in [3.63, 3.8) is 0 Å². The van der Waals surface area contributed by atoms with Crippen molar-refractivity contribution < 1.29 is 52.1 Å². The molecule has 0 N–H and O–H groups in total. The Morgan fingerprint density at radius 1 is 0.439 bits per heavy atom. The molecule has 9 rings (SSSR count). The van der Waals surface area contributed by atoms with E-state index in [1.807, 2.05) is 182 Å². The Bertz CT molecular complexity index is 2290. The average molecular weight is 895 g/mol. The Kier molecular flexibility index (Phi) is 16.1. The minimum absolute atomic E-state index is 0.0465. The molecule has 3 aliphatic heterocycles. The highest BCUT2D eigenvalue weighted by Gasteiger charge is 2.65. The van der Waals surface area contributed by atoms with E-state index in [4.69, 9.17) is 52.1 Å². The van der Waals surface area contributed by atoms with Gasteiger partial charge in [0.15, 0.2) is 12.4 Å². The van der Waals surface area contributed by atoms with E-state index >= 15 is 0 Å². The summed E-state index contributed by atoms with van der Waals surface area (Å²) < 4.78 is 75.2. The van der Waals surface area contributed by atoms with Crippen LogP contribution in [-0.4, -0.2) is 81.4 Å². The quantitative estimate of drug-likeness (QED) is 0.0735. The topological polar surface area (TPSA) is 102 Å². The highest BCUT2D eigenvalue weighted by molar-refractivity contribution is 5.18. The SMILES string of the molecule is CO[C@H]1O[C@@H]2CO[C@]3(O[C@@H]2[C@H](OCc2ccccc2)[C@H]1OCc1ccccc1)O[C@H](COCc1ccccc1)[C@@H](OCc1ccccc1)[C@H](OCc1ccccc1)[C@H]3OCc1ccccc1. The maximum atomic E-state index is 7.34. The molecule has 3 saturated heterocycles. The van der Waals surface area contributed by atoms with Gasteiger partial charge in [-0.05, 0) is 33.4 Å². The molecule has 0 aliphatic carbocycles. The third-order valence-corrected chi connectivity index (χ3v) is 12.0. The molecule has 0 radical (unpaired) electrons. The van der Waals surface area contributed by atoms with Crippen LogP contribution in [0.15, 0.2) is 182 Å². The molecule has 66 heavy (non-hydrogen) atoms. The lowest BCUT2D eigenvalue weighted by molar-refractivity contribution is -0.517. The second-order valence-electron chi connectivity index (χ2n) is 16.7. The van der Waals surface area contributed by atoms with Crippen molar-refractivity contribution in [2.45, 2.75) is 101 Å². The van der Waals surface area contributed by atoms with E-state index in [9.17, 15) is 0 Å². The predicted octanol–water partition coefficient (Wildman–Crippen LogP) is 8.97. The third-order valence-electron chi connectivity index (χ3n) is 12.0. The molecule has 10 atom stereocenters. The Labute approximate surface area is 387 Å². The Balaban J connectivity index is 1.10. The van der Waals surface area contributed by atoms with Crippen LogP contribution in [0.25, 0.3) is 0 Å². The minimum Gasteiger partial charge on any atom is -0.374 e. The van der Waals surface area contributed by atoms with Gasteiger partial charge in [-0.2, -0.15) is 0 Å². The van der Waals surface area contributed by atoms with Crippen molar-refractivity contribution in [3.05, 3.63) is 215 Å². The first-order valence-electron chi connectivity index (χ1n) is 22.7. The highest BCUT2D eigenvalue weighted by Crippen LogP contribution is 2.45. The summed E-state index contributed by atoms with van der Waals surface area (Å²) in [6.45, 7) is 1.79. The molecule has 344 valence electrons. The Morgan fingerprint density at radius 2 is 0.833 bits per heavy atom. The molecule has 6 aromatic carbocycles. The van der Waals surface area contributed by atoms with Crippen molar-refractivity contribution >= 4 is 0 Å². The van der Waals surface area contributed by atoms with Crippen LogP contribution in [-0.2, 0) is 91.7 Å². The Morgan fingerprint density at radius 3 is 1.29 bits per heavy atom. The van der Waals surface area contributed by atoms with Crippen molar-refractivity contribution in [3.8, 4) is 0 Å². The van der Waals surface area contributed by atoms with Crippen LogP contribution in [0.1, 0.15) is 33.4 Å². The number of rotatable bonds is 20. The molecule has 3 aliphatic rings. The van der Waals surface area contributed by atoms with Gasteiger partial charge in [-0.1, -0.05) is 182 Å². The largest absolute Gasteiger partial charge is 0.374 e. The van der Waals surface area contributed by atoms with Gasteiger partial charge < -0.3 is 52.1 Å². The van der Waals surface area contributed by atoms with Crippen LogP contribution in [0.5, 0.6) is 0 Å². The smallest absolute Gasteiger partial charge is 0.314 e. The fourth-order valence-corrected chi connectivity index (χ4v) is 8.68. The predicted molar refractivity (Wildman–Crippen MR) is 245 cm³/mol. The van der Waals surface area contributed by atoms with Crippen molar-refractivity contribution in [2.24, 2.45) is 0 Å². The van der Waals surface area contributed by atoms with E-state index in [-0.39, 0.29) is 46.2 Å². The molecule has 3 heterocycles. The fraction of sp³-hybridized carbons (Fsp3) is 0.345. The van der Waals surface area contributed by atoms with Crippen LogP contribution >= 0.6 is 0 Å². The lowest BCUT2D eigenvalue weighted by Gasteiger charge is -2.57. The molecule has 1 spiro atoms. The molecule has 3 fully saturated rings. The first-order valence-corrected chi connectivity index (χ1v) is 22.7. The zero-order valence-electron chi connectivity index (χ0n) is 37.2. The van der Waals surface area contributed by atoms with E-state index in [0.717, 1.165) is 33.4 Å². The monoisotopic (exact) mass is 894 g/mol. The van der Waals surface area contributed by atoms with Crippen LogP contribution in [0, 0.1) is 0 Å². The third kappa shape index (κ3) is 11.7. The number of benzene rings is 6. The van der Waals surface area contributed by atoms with Crippen LogP contribution in [0.4, 0.5) is 0 Å². The normalized spacial score (nSPS) is 27.3. The van der Waals surface area contributed by atoms with Crippen LogP contribution in [0.2, 0.25) is 0 Å². The van der Waals surface area contributed by atoms with Gasteiger partial charge >= 0.3 is 5.97 Å². The summed E-state index contributed by atoms with van der Waals surface area (Å²) in [5.74, 6) is -1.87. The summed E-state index contributed by atoms with van der Waals surface area (Å²) >= 11 is 0. The van der Waals surface area contributed by atoms with Gasteiger partial charge in [0.1, 0.15) is 42.7 Å². The number of fused-ring (bicyclic) bond motifs is 1. The first-order chi connectivity index (χ1) is 32.6. The second kappa shape index (κ2) is 23.1. The number of ether oxygens (including phenoxy) is 11. The lowest BCUT2D eigenvalue weighted by Crippen LogP contribution is -2.75. The molecule has 0 aromatic heterocycles. The summed E-state index contributed by atoms with van der Waals surface area (Å²) in [4.78, 5) is 0. The van der Waals surface area contributed by atoms with Crippen molar-refractivity contribution in [1.82, 2.24) is 0 Å². The minimum atomic E-state index is -1.87. The van der Waals surface area contributed by atoms with Gasteiger partial charge in [0.2, 0.25) is 0 Å². The summed E-state index contributed by atoms with van der Waals surface area (Å²) in [7, 11) is 1.60. The van der Waals surface area contributed by atoms with Gasteiger partial charge in [-0.3, -0.25) is 0 Å². The molecule has 0 amide bonds. The molecular weight excluding hydrogens is 837 g/mol. The molecule has 0 unspecified atom stereocenters. The number of hydrogen-bond acceptors (Lipinski definition) is 11. The van der Waals surface area contributed by atoms with Gasteiger partial charge in [0, 0.05) is 7.11 Å². The lowest BCUT2D eigenvalue weighted by atomic mass is 9.93. The maximum absolute atomic E-state index is 7.34. The summed E-state index contributed by atoms with van der Waals surface area (Å²) in [5.41, 5.74) is 5.91. The van der Waals surface area contributed by atoms with Crippen molar-refractivity contribution in [2.75, 3.05) is 20.3 Å². The van der Waals surface area contributed by atoms with Gasteiger partial charge in [-0.15, -0.1) is 0 Å². The zero-order valence-corrected chi connectivity index (χ0v) is 37.2. The van der Waals surface area contributed by atoms with E-state index in [0.29, 0.717) is 6.61 Å². The number of methoxy groups -OCH3 is 1. The van der Waals surface area contributed by atoms with Gasteiger partial charge in [-0.25, -0.2) is 0 Å². The maximum Gasteiger partial charge on any atom is 0.314 e. The summed E-state index contributed by atoms with van der Waals surface area (Å²) in [6, 6.07) is 60.1. The Hall–Kier alpha value is -5.12. The van der Waals surface area contributed by atoms with E-state index in [2.05, 4.69) is 0 Å².